The van der Waals surface area contributed by atoms with Crippen molar-refractivity contribution in [3.05, 3.63) is 28.8 Å². The van der Waals surface area contributed by atoms with Gasteiger partial charge in [0.25, 0.3) is 10.2 Å². The number of piperidine rings is 1. The highest BCUT2D eigenvalue weighted by Crippen LogP contribution is 2.34. The molecule has 1 aromatic carbocycles. The van der Waals surface area contributed by atoms with Crippen molar-refractivity contribution in [2.24, 2.45) is 5.92 Å². The zero-order chi connectivity index (χ0) is 21.1. The minimum Gasteiger partial charge on any atom is -0.490 e. The first-order valence-corrected chi connectivity index (χ1v) is 13.1. The van der Waals surface area contributed by atoms with Gasteiger partial charge in [-0.15, -0.1) is 0 Å². The van der Waals surface area contributed by atoms with Gasteiger partial charge in [0.15, 0.2) is 0 Å². The maximum Gasteiger partial charge on any atom is 0.281 e. The Balaban J connectivity index is 1.23. The highest BCUT2D eigenvalue weighted by atomic mass is 35.5. The number of benzene rings is 1. The predicted molar refractivity (Wildman–Crippen MR) is 120 cm³/mol. The molecule has 3 aliphatic rings. The van der Waals surface area contributed by atoms with Crippen LogP contribution in [0.4, 0.5) is 0 Å². The summed E-state index contributed by atoms with van der Waals surface area (Å²) >= 11 is 6.49. The van der Waals surface area contributed by atoms with Crippen molar-refractivity contribution >= 4 is 21.8 Å². The molecule has 30 heavy (non-hydrogen) atoms. The zero-order valence-electron chi connectivity index (χ0n) is 17.9. The summed E-state index contributed by atoms with van der Waals surface area (Å²) in [7, 11) is -1.62. The van der Waals surface area contributed by atoms with Crippen molar-refractivity contribution in [2.75, 3.05) is 39.8 Å². The highest BCUT2D eigenvalue weighted by Gasteiger charge is 2.36. The molecule has 4 rings (SSSR count). The van der Waals surface area contributed by atoms with E-state index in [9.17, 15) is 8.42 Å². The molecule has 1 saturated carbocycles. The van der Waals surface area contributed by atoms with Crippen LogP contribution in [-0.2, 0) is 16.8 Å². The maximum atomic E-state index is 12.7. The standard InChI is InChI=1S/C22H34ClN3O3S/c1-24(30(27,28)26-11-3-2-4-12-26)16-18-13-21(14-18)29-20-8-7-19(22(23)15-20)17-25-9-5-6-10-25/h7-8,15,18,21H,2-6,9-14,16-17H2,1H3. The van der Waals surface area contributed by atoms with E-state index in [4.69, 9.17) is 16.3 Å². The molecule has 0 bridgehead atoms. The average Bonchev–Trinajstić information content (AvgIpc) is 3.22. The Kier molecular flexibility index (Phi) is 7.25. The number of nitrogens with zero attached hydrogens (tertiary/aromatic N) is 3. The Morgan fingerprint density at radius 1 is 1.07 bits per heavy atom. The van der Waals surface area contributed by atoms with Gasteiger partial charge in [0.05, 0.1) is 6.10 Å². The van der Waals surface area contributed by atoms with E-state index < -0.39 is 10.2 Å². The summed E-state index contributed by atoms with van der Waals surface area (Å²) in [6.07, 6.45) is 7.51. The minimum absolute atomic E-state index is 0.140. The largest absolute Gasteiger partial charge is 0.490 e. The molecule has 0 radical (unpaired) electrons. The second kappa shape index (κ2) is 9.74. The summed E-state index contributed by atoms with van der Waals surface area (Å²) in [4.78, 5) is 2.44. The van der Waals surface area contributed by atoms with Gasteiger partial charge in [0.2, 0.25) is 0 Å². The average molecular weight is 456 g/mol. The van der Waals surface area contributed by atoms with E-state index >= 15 is 0 Å². The molecule has 0 spiro atoms. The van der Waals surface area contributed by atoms with Crippen LogP contribution in [0, 0.1) is 5.92 Å². The van der Waals surface area contributed by atoms with Crippen molar-refractivity contribution in [1.82, 2.24) is 13.5 Å². The van der Waals surface area contributed by atoms with Gasteiger partial charge in [-0.3, -0.25) is 4.90 Å². The molecular weight excluding hydrogens is 422 g/mol. The number of likely N-dealkylation sites (tertiary alicyclic amines) is 1. The molecule has 2 heterocycles. The van der Waals surface area contributed by atoms with Crippen molar-refractivity contribution in [3.63, 3.8) is 0 Å². The smallest absolute Gasteiger partial charge is 0.281 e. The number of ether oxygens (including phenoxy) is 1. The molecule has 0 unspecified atom stereocenters. The normalized spacial score (nSPS) is 26.1. The van der Waals surface area contributed by atoms with Crippen LogP contribution in [0.1, 0.15) is 50.5 Å². The topological polar surface area (TPSA) is 53.1 Å². The Hall–Kier alpha value is -0.860. The van der Waals surface area contributed by atoms with E-state index in [0.717, 1.165) is 68.1 Å². The lowest BCUT2D eigenvalue weighted by atomic mass is 9.82. The fraction of sp³-hybridized carbons (Fsp3) is 0.727. The summed E-state index contributed by atoms with van der Waals surface area (Å²) in [6, 6.07) is 6.01. The van der Waals surface area contributed by atoms with E-state index in [2.05, 4.69) is 11.0 Å². The van der Waals surface area contributed by atoms with Gasteiger partial charge in [0.1, 0.15) is 5.75 Å². The van der Waals surface area contributed by atoms with Crippen LogP contribution in [0.3, 0.4) is 0 Å². The molecule has 8 heteroatoms. The van der Waals surface area contributed by atoms with Crippen molar-refractivity contribution < 1.29 is 13.2 Å². The van der Waals surface area contributed by atoms with E-state index in [0.29, 0.717) is 25.6 Å². The van der Waals surface area contributed by atoms with Gasteiger partial charge in [-0.25, -0.2) is 0 Å². The number of hydrogen-bond acceptors (Lipinski definition) is 4. The molecule has 2 saturated heterocycles. The fourth-order valence-corrected chi connectivity index (χ4v) is 6.52. The van der Waals surface area contributed by atoms with E-state index in [1.54, 1.807) is 11.4 Å². The molecule has 0 N–H and O–H groups in total. The molecule has 168 valence electrons. The summed E-state index contributed by atoms with van der Waals surface area (Å²) in [5.74, 6) is 1.16. The zero-order valence-corrected chi connectivity index (χ0v) is 19.5. The third-order valence-corrected chi connectivity index (χ3v) is 8.97. The SMILES string of the molecule is CN(CC1CC(Oc2ccc(CN3CCCC3)c(Cl)c2)C1)S(=O)(=O)N1CCCCC1. The van der Waals surface area contributed by atoms with Crippen LogP contribution in [0.15, 0.2) is 18.2 Å². The summed E-state index contributed by atoms with van der Waals surface area (Å²) in [5.41, 5.74) is 1.15. The minimum atomic E-state index is -3.33. The second-order valence-corrected chi connectivity index (χ2v) is 11.5. The van der Waals surface area contributed by atoms with E-state index in [1.165, 1.54) is 17.1 Å². The lowest BCUT2D eigenvalue weighted by molar-refractivity contribution is 0.0567. The Labute approximate surface area is 186 Å². The first kappa shape index (κ1) is 22.3. The van der Waals surface area contributed by atoms with Crippen LogP contribution in [-0.4, -0.2) is 67.8 Å². The lowest BCUT2D eigenvalue weighted by Gasteiger charge is -2.38. The van der Waals surface area contributed by atoms with Crippen LogP contribution >= 0.6 is 11.6 Å². The molecule has 0 amide bonds. The molecule has 1 aromatic rings. The Bertz CT molecular complexity index is 817. The van der Waals surface area contributed by atoms with Crippen molar-refractivity contribution in [1.29, 1.82) is 0 Å². The van der Waals surface area contributed by atoms with Gasteiger partial charge >= 0.3 is 0 Å². The molecule has 6 nitrogen and oxygen atoms in total. The third kappa shape index (κ3) is 5.30. The summed E-state index contributed by atoms with van der Waals surface area (Å²) in [6.45, 7) is 5.08. The summed E-state index contributed by atoms with van der Waals surface area (Å²) in [5, 5.41) is 0.766. The lowest BCUT2D eigenvalue weighted by Crippen LogP contribution is -2.48. The fourth-order valence-electron chi connectivity index (χ4n) is 4.77. The van der Waals surface area contributed by atoms with Gasteiger partial charge < -0.3 is 4.74 Å². The van der Waals surface area contributed by atoms with Crippen LogP contribution in [0.5, 0.6) is 5.75 Å². The van der Waals surface area contributed by atoms with Crippen LogP contribution < -0.4 is 4.74 Å². The first-order chi connectivity index (χ1) is 14.4. The second-order valence-electron chi connectivity index (χ2n) is 9.06. The number of rotatable bonds is 8. The number of hydrogen-bond donors (Lipinski definition) is 0. The molecule has 3 fully saturated rings. The molecule has 0 aromatic heterocycles. The summed E-state index contributed by atoms with van der Waals surface area (Å²) < 4.78 is 34.7. The van der Waals surface area contributed by atoms with Gasteiger partial charge in [0, 0.05) is 38.2 Å². The van der Waals surface area contributed by atoms with Gasteiger partial charge in [-0.05, 0) is 75.2 Å². The van der Waals surface area contributed by atoms with Crippen molar-refractivity contribution in [3.8, 4) is 5.75 Å². The monoisotopic (exact) mass is 455 g/mol. The third-order valence-electron chi connectivity index (χ3n) is 6.66. The van der Waals surface area contributed by atoms with Crippen LogP contribution in [0.2, 0.25) is 5.02 Å². The predicted octanol–water partition coefficient (Wildman–Crippen LogP) is 3.76. The van der Waals surface area contributed by atoms with Crippen molar-refractivity contribution in [2.45, 2.75) is 57.6 Å². The number of halogens is 1. The van der Waals surface area contributed by atoms with E-state index in [-0.39, 0.29) is 6.10 Å². The molecule has 0 atom stereocenters. The molecular formula is C22H34ClN3O3S. The Morgan fingerprint density at radius 3 is 2.40 bits per heavy atom. The first-order valence-electron chi connectivity index (χ1n) is 11.3. The molecule has 1 aliphatic carbocycles. The van der Waals surface area contributed by atoms with Gasteiger partial charge in [-0.1, -0.05) is 24.1 Å². The van der Waals surface area contributed by atoms with Gasteiger partial charge in [-0.2, -0.15) is 17.0 Å². The van der Waals surface area contributed by atoms with E-state index in [1.807, 2.05) is 12.1 Å². The van der Waals surface area contributed by atoms with Crippen LogP contribution in [0.25, 0.3) is 0 Å². The maximum absolute atomic E-state index is 12.7. The Morgan fingerprint density at radius 2 is 1.73 bits per heavy atom. The highest BCUT2D eigenvalue weighted by molar-refractivity contribution is 7.86. The quantitative estimate of drug-likeness (QED) is 0.599. The molecule has 2 aliphatic heterocycles.